The topological polar surface area (TPSA) is 94.3 Å². The molecular weight excluding hydrogens is 282 g/mol. The summed E-state index contributed by atoms with van der Waals surface area (Å²) in [6.45, 7) is 1.38. The van der Waals surface area contributed by atoms with Crippen molar-refractivity contribution in [2.45, 2.75) is 11.6 Å². The molecule has 18 heavy (non-hydrogen) atoms. The van der Waals surface area contributed by atoms with E-state index in [1.807, 2.05) is 0 Å². The molecule has 1 atom stereocenters. The maximum atomic E-state index is 11.8. The molecule has 0 saturated carbocycles. The lowest BCUT2D eigenvalue weighted by molar-refractivity contribution is -0.384. The number of ketones is 1. The zero-order valence-electron chi connectivity index (χ0n) is 9.37. The van der Waals surface area contributed by atoms with E-state index < -0.39 is 25.3 Å². The second-order valence-electron chi connectivity index (χ2n) is 3.44. The molecular formula is C10H10ClNO5S. The molecule has 8 heteroatoms. The molecule has 0 saturated heterocycles. The van der Waals surface area contributed by atoms with Crippen LogP contribution in [-0.2, 0) is 9.84 Å². The molecule has 0 aliphatic rings. The summed E-state index contributed by atoms with van der Waals surface area (Å²) in [5, 5.41) is 10.4. The Balaban J connectivity index is 3.02. The van der Waals surface area contributed by atoms with Gasteiger partial charge in [-0.15, -0.1) is 0 Å². The molecule has 1 aromatic rings. The van der Waals surface area contributed by atoms with E-state index in [4.69, 9.17) is 11.6 Å². The number of nitrogens with zero attached hydrogens (tertiary/aromatic N) is 1. The van der Waals surface area contributed by atoms with Crippen LogP contribution in [0.1, 0.15) is 17.3 Å². The van der Waals surface area contributed by atoms with Crippen LogP contribution in [0, 0.1) is 10.1 Å². The van der Waals surface area contributed by atoms with Crippen LogP contribution >= 0.6 is 11.6 Å². The van der Waals surface area contributed by atoms with E-state index in [1.165, 1.54) is 19.1 Å². The number of carbonyl (C=O) groups excluding carboxylic acids is 1. The molecule has 1 rings (SSSR count). The molecule has 6 nitrogen and oxygen atoms in total. The molecule has 0 spiro atoms. The van der Waals surface area contributed by atoms with Gasteiger partial charge in [-0.1, -0.05) is 18.5 Å². The fourth-order valence-electron chi connectivity index (χ4n) is 1.19. The molecule has 0 fully saturated rings. The number of halogens is 1. The number of non-ortho nitro benzene ring substituents is 1. The number of hydrogen-bond donors (Lipinski definition) is 0. The number of alkyl halides is 1. The Morgan fingerprint density at radius 2 is 1.89 bits per heavy atom. The van der Waals surface area contributed by atoms with Gasteiger partial charge in [-0.25, -0.2) is 8.42 Å². The number of hydrogen-bond acceptors (Lipinski definition) is 5. The number of nitro groups is 1. The molecule has 0 N–H and O–H groups in total. The van der Waals surface area contributed by atoms with Gasteiger partial charge in [-0.05, 0) is 12.1 Å². The molecule has 0 amide bonds. The normalized spacial score (nSPS) is 13.0. The monoisotopic (exact) mass is 291 g/mol. The molecule has 0 aliphatic heterocycles. The van der Waals surface area contributed by atoms with Crippen LogP contribution in [0.2, 0.25) is 0 Å². The third kappa shape index (κ3) is 3.05. The van der Waals surface area contributed by atoms with Crippen LogP contribution in [0.4, 0.5) is 5.69 Å². The predicted octanol–water partition coefficient (Wildman–Crippen LogP) is 1.78. The Kier molecular flexibility index (Phi) is 4.42. The maximum Gasteiger partial charge on any atom is 0.269 e. The van der Waals surface area contributed by atoms with E-state index in [-0.39, 0.29) is 17.0 Å². The van der Waals surface area contributed by atoms with Gasteiger partial charge in [0.15, 0.2) is 20.3 Å². The van der Waals surface area contributed by atoms with Crippen LogP contribution in [0.3, 0.4) is 0 Å². The SMILES string of the molecule is CCS(=O)(=O)[C@H](Cl)C(=O)c1ccc([N+](=O)[O-])cc1. The zero-order valence-corrected chi connectivity index (χ0v) is 10.9. The first-order chi connectivity index (χ1) is 8.29. The first-order valence-electron chi connectivity index (χ1n) is 4.94. The Hall–Kier alpha value is -1.47. The van der Waals surface area contributed by atoms with Gasteiger partial charge < -0.3 is 0 Å². The van der Waals surface area contributed by atoms with E-state index in [2.05, 4.69) is 0 Å². The number of rotatable bonds is 5. The number of Topliss-reactive ketones (excluding diaryl/α,β-unsaturated/α-hetero) is 1. The van der Waals surface area contributed by atoms with Gasteiger partial charge in [-0.3, -0.25) is 14.9 Å². The van der Waals surface area contributed by atoms with Crippen molar-refractivity contribution >= 4 is 32.9 Å². The van der Waals surface area contributed by atoms with Gasteiger partial charge in [-0.2, -0.15) is 0 Å². The average Bonchev–Trinajstić information content (AvgIpc) is 2.37. The van der Waals surface area contributed by atoms with Crippen LogP contribution < -0.4 is 0 Å². The minimum absolute atomic E-state index is 0.0256. The van der Waals surface area contributed by atoms with E-state index >= 15 is 0 Å². The summed E-state index contributed by atoms with van der Waals surface area (Å²) in [5.41, 5.74) is -0.159. The molecule has 0 aliphatic carbocycles. The van der Waals surface area contributed by atoms with E-state index in [0.29, 0.717) is 0 Å². The Morgan fingerprint density at radius 1 is 1.39 bits per heavy atom. The molecule has 0 heterocycles. The third-order valence-corrected chi connectivity index (χ3v) is 4.95. The molecule has 0 aromatic heterocycles. The summed E-state index contributed by atoms with van der Waals surface area (Å²) < 4.78 is 21.2. The van der Waals surface area contributed by atoms with Crippen LogP contribution in [0.5, 0.6) is 0 Å². The Morgan fingerprint density at radius 3 is 2.28 bits per heavy atom. The van der Waals surface area contributed by atoms with Crippen molar-refractivity contribution in [3.8, 4) is 0 Å². The molecule has 98 valence electrons. The highest BCUT2D eigenvalue weighted by atomic mass is 35.5. The molecule has 1 aromatic carbocycles. The largest absolute Gasteiger partial charge is 0.291 e. The minimum atomic E-state index is -3.69. The van der Waals surface area contributed by atoms with E-state index in [9.17, 15) is 23.3 Å². The summed E-state index contributed by atoms with van der Waals surface area (Å²) in [6, 6.07) is 4.60. The van der Waals surface area contributed by atoms with Crippen molar-refractivity contribution < 1.29 is 18.1 Å². The maximum absolute atomic E-state index is 11.8. The second kappa shape index (κ2) is 5.45. The molecule has 0 radical (unpaired) electrons. The lowest BCUT2D eigenvalue weighted by atomic mass is 10.1. The highest BCUT2D eigenvalue weighted by Gasteiger charge is 2.29. The number of carbonyl (C=O) groups is 1. The van der Waals surface area contributed by atoms with Crippen LogP contribution in [-0.4, -0.2) is 29.6 Å². The van der Waals surface area contributed by atoms with Crippen molar-refractivity contribution in [3.05, 3.63) is 39.9 Å². The summed E-state index contributed by atoms with van der Waals surface area (Å²) in [5.74, 6) is -1.03. The number of sulfone groups is 1. The van der Waals surface area contributed by atoms with Gasteiger partial charge in [0, 0.05) is 23.4 Å². The summed E-state index contributed by atoms with van der Waals surface area (Å²) in [6.07, 6.45) is 0. The first-order valence-corrected chi connectivity index (χ1v) is 7.09. The minimum Gasteiger partial charge on any atom is -0.291 e. The lowest BCUT2D eigenvalue weighted by Gasteiger charge is -2.08. The van der Waals surface area contributed by atoms with Gasteiger partial charge >= 0.3 is 0 Å². The summed E-state index contributed by atoms with van der Waals surface area (Å²) in [7, 11) is -3.69. The zero-order chi connectivity index (χ0) is 13.9. The first kappa shape index (κ1) is 14.6. The average molecular weight is 292 g/mol. The predicted molar refractivity (Wildman–Crippen MR) is 66.5 cm³/mol. The summed E-state index contributed by atoms with van der Waals surface area (Å²) >= 11 is 5.59. The number of benzene rings is 1. The quantitative estimate of drug-likeness (QED) is 0.357. The smallest absolute Gasteiger partial charge is 0.269 e. The fourth-order valence-corrected chi connectivity index (χ4v) is 2.45. The van der Waals surface area contributed by atoms with E-state index in [0.717, 1.165) is 12.1 Å². The van der Waals surface area contributed by atoms with Crippen molar-refractivity contribution in [1.82, 2.24) is 0 Å². The second-order valence-corrected chi connectivity index (χ2v) is 6.51. The highest BCUT2D eigenvalue weighted by Crippen LogP contribution is 2.18. The van der Waals surface area contributed by atoms with Crippen molar-refractivity contribution in [1.29, 1.82) is 0 Å². The van der Waals surface area contributed by atoms with Crippen LogP contribution in [0.25, 0.3) is 0 Å². The van der Waals surface area contributed by atoms with Gasteiger partial charge in [0.2, 0.25) is 0 Å². The molecule has 0 bridgehead atoms. The summed E-state index contributed by atoms with van der Waals surface area (Å²) in [4.78, 5) is 21.6. The lowest BCUT2D eigenvalue weighted by Crippen LogP contribution is -2.26. The van der Waals surface area contributed by atoms with Crippen molar-refractivity contribution in [3.63, 3.8) is 0 Å². The van der Waals surface area contributed by atoms with Crippen molar-refractivity contribution in [2.24, 2.45) is 0 Å². The third-order valence-electron chi connectivity index (χ3n) is 2.29. The number of nitro benzene ring substituents is 1. The Labute approximate surface area is 109 Å². The Bertz CT molecular complexity index is 566. The van der Waals surface area contributed by atoms with Crippen molar-refractivity contribution in [2.75, 3.05) is 5.75 Å². The van der Waals surface area contributed by atoms with Gasteiger partial charge in [0.25, 0.3) is 5.69 Å². The fraction of sp³-hybridized carbons (Fsp3) is 0.300. The highest BCUT2D eigenvalue weighted by molar-refractivity contribution is 7.94. The van der Waals surface area contributed by atoms with Gasteiger partial charge in [0.1, 0.15) is 0 Å². The van der Waals surface area contributed by atoms with Crippen LogP contribution in [0.15, 0.2) is 24.3 Å². The van der Waals surface area contributed by atoms with E-state index in [1.54, 1.807) is 0 Å². The molecule has 0 unspecified atom stereocenters. The standard InChI is InChI=1S/C10H10ClNO5S/c1-2-18(16,17)10(11)9(13)7-3-5-8(6-4-7)12(14)15/h3-6,10H,2H2,1H3/t10-/m0/s1. The van der Waals surface area contributed by atoms with Gasteiger partial charge in [0.05, 0.1) is 4.92 Å².